The minimum absolute atomic E-state index is 0.187. The van der Waals surface area contributed by atoms with Gasteiger partial charge in [0.1, 0.15) is 0 Å². The zero-order valence-corrected chi connectivity index (χ0v) is 8.91. The van der Waals surface area contributed by atoms with Crippen molar-refractivity contribution in [3.63, 3.8) is 0 Å². The molecule has 2 N–H and O–H groups in total. The lowest BCUT2D eigenvalue weighted by atomic mass is 9.94. The highest BCUT2D eigenvalue weighted by Crippen LogP contribution is 2.48. The summed E-state index contributed by atoms with van der Waals surface area (Å²) in [5.41, 5.74) is 6.14. The van der Waals surface area contributed by atoms with E-state index >= 15 is 0 Å². The molecule has 0 spiro atoms. The molecular weight excluding hydrogens is 176 g/mol. The summed E-state index contributed by atoms with van der Waals surface area (Å²) < 4.78 is 5.70. The quantitative estimate of drug-likeness (QED) is 0.696. The molecule has 3 fully saturated rings. The average Bonchev–Trinajstić information content (AvgIpc) is 2.64. The Kier molecular flexibility index (Phi) is 1.92. The standard InChI is InChI=1S/C11H20N2O/c1-8-3-11(6-12,7-14-8)13-4-9-2-10(9)5-13/h8-10H,2-7,12H2,1H3. The van der Waals surface area contributed by atoms with E-state index in [-0.39, 0.29) is 5.54 Å². The largest absolute Gasteiger partial charge is 0.376 e. The summed E-state index contributed by atoms with van der Waals surface area (Å²) in [7, 11) is 0. The summed E-state index contributed by atoms with van der Waals surface area (Å²) >= 11 is 0. The van der Waals surface area contributed by atoms with Gasteiger partial charge in [0.25, 0.3) is 0 Å². The Labute approximate surface area is 85.6 Å². The molecule has 3 nitrogen and oxygen atoms in total. The smallest absolute Gasteiger partial charge is 0.0667 e. The van der Waals surface area contributed by atoms with Crippen LogP contribution >= 0.6 is 0 Å². The SMILES string of the molecule is CC1CC(CN)(N2CC3CC3C2)CO1. The van der Waals surface area contributed by atoms with Crippen molar-refractivity contribution in [1.82, 2.24) is 4.90 Å². The van der Waals surface area contributed by atoms with Crippen molar-refractivity contribution in [1.29, 1.82) is 0 Å². The lowest BCUT2D eigenvalue weighted by Gasteiger charge is -2.37. The van der Waals surface area contributed by atoms with Crippen LogP contribution in [0.4, 0.5) is 0 Å². The fraction of sp³-hybridized carbons (Fsp3) is 1.00. The Morgan fingerprint density at radius 2 is 2.14 bits per heavy atom. The molecule has 1 aliphatic carbocycles. The molecule has 2 aliphatic heterocycles. The van der Waals surface area contributed by atoms with Crippen LogP contribution in [-0.4, -0.2) is 42.8 Å². The molecule has 80 valence electrons. The van der Waals surface area contributed by atoms with Gasteiger partial charge in [0, 0.05) is 19.6 Å². The van der Waals surface area contributed by atoms with Gasteiger partial charge in [-0.1, -0.05) is 0 Å². The molecule has 0 amide bonds. The molecule has 4 atom stereocenters. The van der Waals surface area contributed by atoms with Gasteiger partial charge in [-0.25, -0.2) is 0 Å². The minimum atomic E-state index is 0.187. The second-order valence-corrected chi connectivity index (χ2v) is 5.42. The molecule has 0 radical (unpaired) electrons. The number of piperidine rings is 1. The van der Waals surface area contributed by atoms with Gasteiger partial charge >= 0.3 is 0 Å². The van der Waals surface area contributed by atoms with Crippen LogP contribution in [0.2, 0.25) is 0 Å². The number of rotatable bonds is 2. The van der Waals surface area contributed by atoms with E-state index in [1.54, 1.807) is 0 Å². The third-order valence-corrected chi connectivity index (χ3v) is 4.33. The van der Waals surface area contributed by atoms with Gasteiger partial charge in [-0.3, -0.25) is 4.90 Å². The van der Waals surface area contributed by atoms with E-state index in [4.69, 9.17) is 10.5 Å². The highest BCUT2D eigenvalue weighted by Gasteiger charge is 2.53. The van der Waals surface area contributed by atoms with Crippen LogP contribution in [0.15, 0.2) is 0 Å². The topological polar surface area (TPSA) is 38.5 Å². The first-order valence-electron chi connectivity index (χ1n) is 5.80. The second kappa shape index (κ2) is 2.94. The van der Waals surface area contributed by atoms with Gasteiger partial charge in [0.15, 0.2) is 0 Å². The van der Waals surface area contributed by atoms with E-state index in [1.165, 1.54) is 19.5 Å². The number of hydrogen-bond donors (Lipinski definition) is 1. The Hall–Kier alpha value is -0.120. The third-order valence-electron chi connectivity index (χ3n) is 4.33. The number of fused-ring (bicyclic) bond motifs is 1. The molecule has 0 bridgehead atoms. The molecule has 1 saturated carbocycles. The summed E-state index contributed by atoms with van der Waals surface area (Å²) in [5.74, 6) is 1.99. The summed E-state index contributed by atoms with van der Waals surface area (Å²) in [6, 6.07) is 0. The Morgan fingerprint density at radius 3 is 2.64 bits per heavy atom. The first kappa shape index (κ1) is 9.13. The van der Waals surface area contributed by atoms with Crippen LogP contribution in [0.25, 0.3) is 0 Å². The Morgan fingerprint density at radius 1 is 1.43 bits per heavy atom. The maximum absolute atomic E-state index is 5.95. The van der Waals surface area contributed by atoms with E-state index < -0.39 is 0 Å². The molecule has 0 aromatic carbocycles. The van der Waals surface area contributed by atoms with Gasteiger partial charge in [0.05, 0.1) is 18.2 Å². The van der Waals surface area contributed by atoms with E-state index in [1.807, 2.05) is 0 Å². The van der Waals surface area contributed by atoms with Crippen molar-refractivity contribution in [3.05, 3.63) is 0 Å². The molecule has 3 aliphatic rings. The van der Waals surface area contributed by atoms with Crippen LogP contribution in [0.1, 0.15) is 19.8 Å². The predicted molar refractivity (Wildman–Crippen MR) is 55.0 cm³/mol. The molecule has 2 saturated heterocycles. The number of nitrogens with two attached hydrogens (primary N) is 1. The highest BCUT2D eigenvalue weighted by molar-refractivity contribution is 5.06. The Balaban J connectivity index is 1.73. The zero-order chi connectivity index (χ0) is 9.76. The number of likely N-dealkylation sites (tertiary alicyclic amines) is 1. The maximum atomic E-state index is 5.95. The van der Waals surface area contributed by atoms with Gasteiger partial charge < -0.3 is 10.5 Å². The van der Waals surface area contributed by atoms with Crippen molar-refractivity contribution >= 4 is 0 Å². The van der Waals surface area contributed by atoms with Crippen molar-refractivity contribution in [2.75, 3.05) is 26.2 Å². The molecule has 2 heterocycles. The van der Waals surface area contributed by atoms with Crippen molar-refractivity contribution in [3.8, 4) is 0 Å². The Bertz CT molecular complexity index is 235. The van der Waals surface area contributed by atoms with Crippen LogP contribution in [-0.2, 0) is 4.74 Å². The van der Waals surface area contributed by atoms with Crippen LogP contribution in [0.3, 0.4) is 0 Å². The summed E-state index contributed by atoms with van der Waals surface area (Å²) in [6.45, 7) is 6.32. The first-order chi connectivity index (χ1) is 6.73. The molecule has 14 heavy (non-hydrogen) atoms. The van der Waals surface area contributed by atoms with Crippen LogP contribution in [0.5, 0.6) is 0 Å². The highest BCUT2D eigenvalue weighted by atomic mass is 16.5. The predicted octanol–water partition coefficient (Wildman–Crippen LogP) is 0.444. The fourth-order valence-corrected chi connectivity index (χ4v) is 3.23. The van der Waals surface area contributed by atoms with E-state index in [9.17, 15) is 0 Å². The fourth-order valence-electron chi connectivity index (χ4n) is 3.23. The van der Waals surface area contributed by atoms with Gasteiger partial charge in [0.2, 0.25) is 0 Å². The van der Waals surface area contributed by atoms with E-state index in [0.717, 1.165) is 31.4 Å². The minimum Gasteiger partial charge on any atom is -0.376 e. The van der Waals surface area contributed by atoms with Crippen LogP contribution < -0.4 is 5.73 Å². The number of nitrogens with zero attached hydrogens (tertiary/aromatic N) is 1. The van der Waals surface area contributed by atoms with Crippen molar-refractivity contribution in [2.45, 2.75) is 31.4 Å². The monoisotopic (exact) mass is 196 g/mol. The summed E-state index contributed by atoms with van der Waals surface area (Å²) in [4.78, 5) is 2.61. The average molecular weight is 196 g/mol. The lowest BCUT2D eigenvalue weighted by molar-refractivity contribution is 0.0700. The van der Waals surface area contributed by atoms with Gasteiger partial charge in [-0.2, -0.15) is 0 Å². The third kappa shape index (κ3) is 1.23. The van der Waals surface area contributed by atoms with Gasteiger partial charge in [-0.05, 0) is 31.6 Å². The molecular formula is C11H20N2O. The maximum Gasteiger partial charge on any atom is 0.0667 e. The zero-order valence-electron chi connectivity index (χ0n) is 8.91. The summed E-state index contributed by atoms with van der Waals surface area (Å²) in [5, 5.41) is 0. The molecule has 3 rings (SSSR count). The molecule has 4 unspecified atom stereocenters. The first-order valence-corrected chi connectivity index (χ1v) is 5.80. The molecule has 0 aromatic rings. The van der Waals surface area contributed by atoms with Gasteiger partial charge in [-0.15, -0.1) is 0 Å². The normalized spacial score (nSPS) is 52.3. The molecule has 0 aromatic heterocycles. The van der Waals surface area contributed by atoms with Crippen molar-refractivity contribution < 1.29 is 4.74 Å². The second-order valence-electron chi connectivity index (χ2n) is 5.42. The van der Waals surface area contributed by atoms with E-state index in [2.05, 4.69) is 11.8 Å². The molecule has 3 heteroatoms. The number of ether oxygens (including phenoxy) is 1. The summed E-state index contributed by atoms with van der Waals surface area (Å²) in [6.07, 6.45) is 2.99. The number of hydrogen-bond acceptors (Lipinski definition) is 3. The van der Waals surface area contributed by atoms with E-state index in [0.29, 0.717) is 6.10 Å². The van der Waals surface area contributed by atoms with Crippen molar-refractivity contribution in [2.24, 2.45) is 17.6 Å². The lowest BCUT2D eigenvalue weighted by Crippen LogP contribution is -2.54. The van der Waals surface area contributed by atoms with Crippen LogP contribution in [0, 0.1) is 11.8 Å².